The van der Waals surface area contributed by atoms with Crippen molar-refractivity contribution in [2.75, 3.05) is 0 Å². The van der Waals surface area contributed by atoms with Gasteiger partial charge in [0.15, 0.2) is 5.16 Å². The second-order valence-corrected chi connectivity index (χ2v) is 9.01. The first kappa shape index (κ1) is 20.1. The van der Waals surface area contributed by atoms with Gasteiger partial charge in [-0.3, -0.25) is 9.36 Å². The molecule has 158 valence electrons. The zero-order valence-corrected chi connectivity index (χ0v) is 18.3. The van der Waals surface area contributed by atoms with Crippen LogP contribution in [0.15, 0.2) is 61.6 Å². The number of nitrogens with zero attached hydrogens (tertiary/aromatic N) is 2. The monoisotopic (exact) mass is 432 g/mol. The van der Waals surface area contributed by atoms with Crippen molar-refractivity contribution in [3.05, 3.63) is 79.9 Å². The van der Waals surface area contributed by atoms with Crippen LogP contribution in [0, 0.1) is 0 Å². The molecule has 31 heavy (non-hydrogen) atoms. The molecule has 2 aromatic heterocycles. The Kier molecular flexibility index (Phi) is 5.40. The molecule has 6 heteroatoms. The quantitative estimate of drug-likeness (QED) is 0.241. The molecular weight excluding hydrogens is 408 g/mol. The molecule has 0 radical (unpaired) electrons. The molecule has 0 amide bonds. The van der Waals surface area contributed by atoms with E-state index >= 15 is 0 Å². The van der Waals surface area contributed by atoms with Gasteiger partial charge in [-0.25, -0.2) is 9.78 Å². The molecule has 0 bridgehead atoms. The van der Waals surface area contributed by atoms with E-state index < -0.39 is 0 Å². The molecule has 4 aromatic rings. The van der Waals surface area contributed by atoms with Gasteiger partial charge >= 0.3 is 5.63 Å². The Morgan fingerprint density at radius 2 is 1.87 bits per heavy atom. The third-order valence-electron chi connectivity index (χ3n) is 5.96. The van der Waals surface area contributed by atoms with Gasteiger partial charge in [-0.15, -0.1) is 0 Å². The van der Waals surface area contributed by atoms with E-state index in [1.54, 1.807) is 10.6 Å². The zero-order chi connectivity index (χ0) is 21.4. The summed E-state index contributed by atoms with van der Waals surface area (Å²) in [6, 6.07) is 13.3. The normalized spacial score (nSPS) is 13.2. The van der Waals surface area contributed by atoms with E-state index in [1.165, 1.54) is 22.9 Å². The minimum absolute atomic E-state index is 0.00296. The first-order valence-corrected chi connectivity index (χ1v) is 11.8. The third kappa shape index (κ3) is 3.81. The van der Waals surface area contributed by atoms with Crippen LogP contribution in [0.5, 0.6) is 0 Å². The number of benzene rings is 2. The Morgan fingerprint density at radius 1 is 1.06 bits per heavy atom. The highest BCUT2D eigenvalue weighted by atomic mass is 32.2. The lowest BCUT2D eigenvalue weighted by Crippen LogP contribution is -2.23. The van der Waals surface area contributed by atoms with Crippen molar-refractivity contribution < 1.29 is 4.42 Å². The number of thioether (sulfide) groups is 1. The number of para-hydroxylation sites is 1. The van der Waals surface area contributed by atoms with Crippen LogP contribution in [0.2, 0.25) is 0 Å². The van der Waals surface area contributed by atoms with E-state index in [4.69, 9.17) is 9.40 Å². The summed E-state index contributed by atoms with van der Waals surface area (Å²) in [6.07, 6.45) is 5.17. The molecule has 0 fully saturated rings. The van der Waals surface area contributed by atoms with Crippen LogP contribution in [-0.2, 0) is 25.1 Å². The molecular formula is C25H24N2O3S. The second kappa shape index (κ2) is 8.35. The summed E-state index contributed by atoms with van der Waals surface area (Å²) in [5.74, 6) is 0.553. The molecule has 5 nitrogen and oxygen atoms in total. The van der Waals surface area contributed by atoms with Gasteiger partial charge in [-0.05, 0) is 66.6 Å². The summed E-state index contributed by atoms with van der Waals surface area (Å²) >= 11 is 1.51. The van der Waals surface area contributed by atoms with Crippen LogP contribution < -0.4 is 11.2 Å². The van der Waals surface area contributed by atoms with Crippen molar-refractivity contribution >= 4 is 33.6 Å². The van der Waals surface area contributed by atoms with Crippen LogP contribution in [0.25, 0.3) is 21.9 Å². The highest BCUT2D eigenvalue weighted by Gasteiger charge is 2.17. The first-order chi connectivity index (χ1) is 15.1. The van der Waals surface area contributed by atoms with Crippen molar-refractivity contribution in [3.63, 3.8) is 0 Å². The molecule has 1 aliphatic rings. The van der Waals surface area contributed by atoms with Gasteiger partial charge in [-0.1, -0.05) is 37.2 Å². The number of hydrogen-bond acceptors (Lipinski definition) is 5. The Labute approximate surface area is 184 Å². The number of hydrogen-bond donors (Lipinski definition) is 0. The Bertz CT molecular complexity index is 1400. The van der Waals surface area contributed by atoms with E-state index in [1.807, 2.05) is 30.3 Å². The highest BCUT2D eigenvalue weighted by molar-refractivity contribution is 7.98. The molecule has 0 N–H and O–H groups in total. The summed E-state index contributed by atoms with van der Waals surface area (Å²) < 4.78 is 7.28. The molecule has 0 unspecified atom stereocenters. The van der Waals surface area contributed by atoms with E-state index in [-0.39, 0.29) is 11.2 Å². The van der Waals surface area contributed by atoms with Crippen molar-refractivity contribution in [3.8, 4) is 0 Å². The fraction of sp³-hybridized carbons (Fsp3) is 0.320. The predicted molar refractivity (Wildman–Crippen MR) is 125 cm³/mol. The molecule has 0 spiro atoms. The molecule has 0 atom stereocenters. The maximum Gasteiger partial charge on any atom is 0.336 e. The van der Waals surface area contributed by atoms with Crippen molar-refractivity contribution in [1.29, 1.82) is 0 Å². The maximum atomic E-state index is 13.1. The number of unbranched alkanes of at least 4 members (excludes halogenated alkanes) is 1. The standard InChI is InChI=1S/C25H24N2O3S/c1-2-3-11-27-24(29)19-9-4-5-10-21(19)26-25(27)31-15-18-14-23(28)30-22-13-17-8-6-7-16(17)12-20(18)22/h4-5,9-10,12-14H,2-3,6-8,11,15H2,1H3. The highest BCUT2D eigenvalue weighted by Crippen LogP contribution is 2.31. The first-order valence-electron chi connectivity index (χ1n) is 10.8. The smallest absolute Gasteiger partial charge is 0.336 e. The molecule has 2 aromatic carbocycles. The topological polar surface area (TPSA) is 65.1 Å². The van der Waals surface area contributed by atoms with Gasteiger partial charge in [-0.2, -0.15) is 0 Å². The Morgan fingerprint density at radius 3 is 2.71 bits per heavy atom. The fourth-order valence-corrected chi connectivity index (χ4v) is 5.34. The average molecular weight is 433 g/mol. The van der Waals surface area contributed by atoms with E-state index in [0.29, 0.717) is 33.9 Å². The molecule has 0 saturated carbocycles. The van der Waals surface area contributed by atoms with Gasteiger partial charge in [0.25, 0.3) is 5.56 Å². The lowest BCUT2D eigenvalue weighted by atomic mass is 10.0. The predicted octanol–water partition coefficient (Wildman–Crippen LogP) is 5.08. The van der Waals surface area contributed by atoms with Crippen LogP contribution in [0.4, 0.5) is 0 Å². The summed E-state index contributed by atoms with van der Waals surface area (Å²) in [4.78, 5) is 30.1. The second-order valence-electron chi connectivity index (χ2n) is 8.07. The van der Waals surface area contributed by atoms with Gasteiger partial charge in [0.1, 0.15) is 5.58 Å². The van der Waals surface area contributed by atoms with Gasteiger partial charge in [0, 0.05) is 23.8 Å². The van der Waals surface area contributed by atoms with Gasteiger partial charge in [0.2, 0.25) is 0 Å². The summed E-state index contributed by atoms with van der Waals surface area (Å²) in [5.41, 5.74) is 4.57. The Balaban J connectivity index is 1.56. The van der Waals surface area contributed by atoms with Crippen molar-refractivity contribution in [2.45, 2.75) is 56.5 Å². The van der Waals surface area contributed by atoms with Crippen molar-refractivity contribution in [2.24, 2.45) is 0 Å². The van der Waals surface area contributed by atoms with Gasteiger partial charge < -0.3 is 4.42 Å². The molecule has 1 aliphatic carbocycles. The fourth-order valence-electron chi connectivity index (χ4n) is 4.33. The van der Waals surface area contributed by atoms with Crippen molar-refractivity contribution in [1.82, 2.24) is 9.55 Å². The van der Waals surface area contributed by atoms with Crippen LogP contribution in [0.1, 0.15) is 42.9 Å². The van der Waals surface area contributed by atoms with Gasteiger partial charge in [0.05, 0.1) is 10.9 Å². The molecule has 0 saturated heterocycles. The SMILES string of the molecule is CCCCn1c(SCc2cc(=O)oc3cc4c(cc23)CCC4)nc2ccccc2c1=O. The number of fused-ring (bicyclic) bond motifs is 3. The van der Waals surface area contributed by atoms with Crippen LogP contribution in [-0.4, -0.2) is 9.55 Å². The summed E-state index contributed by atoms with van der Waals surface area (Å²) in [7, 11) is 0. The number of aromatic nitrogens is 2. The maximum absolute atomic E-state index is 13.1. The molecule has 5 rings (SSSR count). The van der Waals surface area contributed by atoms with E-state index in [0.717, 1.165) is 43.1 Å². The van der Waals surface area contributed by atoms with Crippen LogP contribution in [0.3, 0.4) is 0 Å². The summed E-state index contributed by atoms with van der Waals surface area (Å²) in [6.45, 7) is 2.75. The van der Waals surface area contributed by atoms with E-state index in [9.17, 15) is 9.59 Å². The lowest BCUT2D eigenvalue weighted by Gasteiger charge is -2.13. The third-order valence-corrected chi connectivity index (χ3v) is 6.99. The minimum Gasteiger partial charge on any atom is -0.423 e. The van der Waals surface area contributed by atoms with Crippen LogP contribution >= 0.6 is 11.8 Å². The lowest BCUT2D eigenvalue weighted by molar-refractivity contribution is 0.557. The minimum atomic E-state index is -0.337. The largest absolute Gasteiger partial charge is 0.423 e. The number of rotatable bonds is 6. The average Bonchev–Trinajstić information content (AvgIpc) is 3.23. The summed E-state index contributed by atoms with van der Waals surface area (Å²) in [5, 5.41) is 2.32. The van der Waals surface area contributed by atoms with E-state index in [2.05, 4.69) is 13.0 Å². The number of aryl methyl sites for hydroxylation is 2. The zero-order valence-electron chi connectivity index (χ0n) is 17.5. The Hall–Kier alpha value is -2.86. The molecule has 0 aliphatic heterocycles. The molecule has 2 heterocycles.